The number of piperazine rings is 1. The van der Waals surface area contributed by atoms with Crippen molar-refractivity contribution in [3.63, 3.8) is 0 Å². The van der Waals surface area contributed by atoms with Crippen LogP contribution in [0.15, 0.2) is 36.4 Å². The second-order valence-corrected chi connectivity index (χ2v) is 6.54. The van der Waals surface area contributed by atoms with Crippen molar-refractivity contribution in [2.75, 3.05) is 36.0 Å². The molecular formula is C19H22N4O3. The van der Waals surface area contributed by atoms with Gasteiger partial charge in [0.15, 0.2) is 0 Å². The van der Waals surface area contributed by atoms with Crippen LogP contribution in [0.5, 0.6) is 0 Å². The fourth-order valence-electron chi connectivity index (χ4n) is 3.45. The van der Waals surface area contributed by atoms with Gasteiger partial charge in [-0.15, -0.1) is 0 Å². The summed E-state index contributed by atoms with van der Waals surface area (Å²) < 4.78 is 0. The first-order valence-corrected chi connectivity index (χ1v) is 8.53. The number of carbonyl (C=O) groups excluding carboxylic acids is 1. The summed E-state index contributed by atoms with van der Waals surface area (Å²) in [6.07, 6.45) is 0. The van der Waals surface area contributed by atoms with Gasteiger partial charge >= 0.3 is 0 Å². The molecule has 1 fully saturated rings. The number of nitro benzene ring substituents is 1. The van der Waals surface area contributed by atoms with Gasteiger partial charge in [-0.2, -0.15) is 0 Å². The van der Waals surface area contributed by atoms with Gasteiger partial charge in [-0.1, -0.05) is 18.2 Å². The van der Waals surface area contributed by atoms with Crippen molar-refractivity contribution < 1.29 is 9.72 Å². The number of amides is 1. The maximum atomic E-state index is 11.5. The Morgan fingerprint density at radius 2 is 1.58 bits per heavy atom. The number of rotatable bonds is 4. The maximum absolute atomic E-state index is 11.5. The second-order valence-electron chi connectivity index (χ2n) is 6.54. The van der Waals surface area contributed by atoms with Gasteiger partial charge in [0, 0.05) is 43.5 Å². The van der Waals surface area contributed by atoms with Gasteiger partial charge in [0.2, 0.25) is 5.91 Å². The number of carbonyl (C=O) groups is 1. The summed E-state index contributed by atoms with van der Waals surface area (Å²) in [7, 11) is 0. The van der Waals surface area contributed by atoms with E-state index in [0.717, 1.165) is 13.1 Å². The van der Waals surface area contributed by atoms with Crippen molar-refractivity contribution in [3.8, 4) is 0 Å². The van der Waals surface area contributed by atoms with Crippen molar-refractivity contribution in [2.45, 2.75) is 13.8 Å². The van der Waals surface area contributed by atoms with Crippen LogP contribution in [-0.2, 0) is 0 Å². The van der Waals surface area contributed by atoms with E-state index in [1.807, 2.05) is 17.0 Å². The highest BCUT2D eigenvalue weighted by Crippen LogP contribution is 2.33. The monoisotopic (exact) mass is 354 g/mol. The lowest BCUT2D eigenvalue weighted by molar-refractivity contribution is -0.384. The Morgan fingerprint density at radius 1 is 1.00 bits per heavy atom. The van der Waals surface area contributed by atoms with Crippen molar-refractivity contribution >= 4 is 23.0 Å². The quantitative estimate of drug-likeness (QED) is 0.673. The van der Waals surface area contributed by atoms with Crippen molar-refractivity contribution in [2.24, 2.45) is 5.73 Å². The summed E-state index contributed by atoms with van der Waals surface area (Å²) in [5.74, 6) is -0.651. The fourth-order valence-corrected chi connectivity index (χ4v) is 3.45. The minimum Gasteiger partial charge on any atom is -0.368 e. The van der Waals surface area contributed by atoms with Gasteiger partial charge in [-0.05, 0) is 37.1 Å². The largest absolute Gasteiger partial charge is 0.368 e. The number of hydrogen-bond acceptors (Lipinski definition) is 5. The Kier molecular flexibility index (Phi) is 4.79. The van der Waals surface area contributed by atoms with E-state index in [0.29, 0.717) is 24.3 Å². The highest BCUT2D eigenvalue weighted by Gasteiger charge is 2.26. The smallest absolute Gasteiger partial charge is 0.293 e. The zero-order valence-corrected chi connectivity index (χ0v) is 14.9. The predicted molar refractivity (Wildman–Crippen MR) is 102 cm³/mol. The number of primary amides is 1. The molecule has 1 aliphatic rings. The molecule has 1 saturated heterocycles. The van der Waals surface area contributed by atoms with Crippen LogP contribution in [0.25, 0.3) is 0 Å². The summed E-state index contributed by atoms with van der Waals surface area (Å²) >= 11 is 0. The van der Waals surface area contributed by atoms with Crippen LogP contribution < -0.4 is 15.5 Å². The number of hydrogen-bond donors (Lipinski definition) is 1. The summed E-state index contributed by atoms with van der Waals surface area (Å²) in [4.78, 5) is 26.8. The summed E-state index contributed by atoms with van der Waals surface area (Å²) in [5.41, 5.74) is 9.05. The molecule has 136 valence electrons. The van der Waals surface area contributed by atoms with E-state index in [-0.39, 0.29) is 11.3 Å². The molecule has 0 aromatic heterocycles. The minimum atomic E-state index is -0.651. The topological polar surface area (TPSA) is 92.7 Å². The molecular weight excluding hydrogens is 332 g/mol. The molecule has 1 heterocycles. The Bertz CT molecular complexity index is 858. The van der Waals surface area contributed by atoms with E-state index < -0.39 is 10.8 Å². The van der Waals surface area contributed by atoms with Crippen LogP contribution in [-0.4, -0.2) is 37.0 Å². The first-order valence-electron chi connectivity index (χ1n) is 8.53. The van der Waals surface area contributed by atoms with Crippen LogP contribution in [0, 0.1) is 24.0 Å². The SMILES string of the molecule is Cc1cc(N2CCN(c3ccccc3C)CC2)c([N+](=O)[O-])cc1C(N)=O. The van der Waals surface area contributed by atoms with Crippen LogP contribution in [0.3, 0.4) is 0 Å². The lowest BCUT2D eigenvalue weighted by Gasteiger charge is -2.37. The van der Waals surface area contributed by atoms with Crippen LogP contribution >= 0.6 is 0 Å². The summed E-state index contributed by atoms with van der Waals surface area (Å²) in [6.45, 7) is 6.72. The second kappa shape index (κ2) is 7.03. The van der Waals surface area contributed by atoms with Gasteiger partial charge in [-0.3, -0.25) is 14.9 Å². The lowest BCUT2D eigenvalue weighted by atomic mass is 10.0. The molecule has 1 aliphatic heterocycles. The summed E-state index contributed by atoms with van der Waals surface area (Å²) in [6, 6.07) is 11.2. The Labute approximate surface area is 152 Å². The number of nitro groups is 1. The highest BCUT2D eigenvalue weighted by atomic mass is 16.6. The molecule has 0 atom stereocenters. The molecule has 3 rings (SSSR count). The van der Waals surface area contributed by atoms with E-state index in [1.165, 1.54) is 17.3 Å². The van der Waals surface area contributed by atoms with Crippen LogP contribution in [0.4, 0.5) is 17.1 Å². The zero-order valence-electron chi connectivity index (χ0n) is 14.9. The van der Waals surface area contributed by atoms with E-state index >= 15 is 0 Å². The summed E-state index contributed by atoms with van der Waals surface area (Å²) in [5, 5.41) is 11.5. The maximum Gasteiger partial charge on any atom is 0.293 e. The molecule has 0 radical (unpaired) electrons. The average Bonchev–Trinajstić information content (AvgIpc) is 2.61. The Morgan fingerprint density at radius 3 is 2.12 bits per heavy atom. The molecule has 2 N–H and O–H groups in total. The number of para-hydroxylation sites is 1. The Hall–Kier alpha value is -3.09. The minimum absolute atomic E-state index is 0.0752. The molecule has 0 unspecified atom stereocenters. The Balaban J connectivity index is 1.85. The van der Waals surface area contributed by atoms with E-state index in [4.69, 9.17) is 5.73 Å². The number of benzene rings is 2. The van der Waals surface area contributed by atoms with Crippen molar-refractivity contribution in [1.29, 1.82) is 0 Å². The molecule has 7 heteroatoms. The van der Waals surface area contributed by atoms with Gasteiger partial charge in [0.25, 0.3) is 5.69 Å². The third-order valence-electron chi connectivity index (χ3n) is 4.86. The molecule has 26 heavy (non-hydrogen) atoms. The van der Waals surface area contributed by atoms with E-state index in [2.05, 4.69) is 24.0 Å². The van der Waals surface area contributed by atoms with Crippen molar-refractivity contribution in [3.05, 3.63) is 63.2 Å². The fraction of sp³-hybridized carbons (Fsp3) is 0.316. The van der Waals surface area contributed by atoms with Crippen molar-refractivity contribution in [1.82, 2.24) is 0 Å². The molecule has 0 spiro atoms. The molecule has 1 amide bonds. The van der Waals surface area contributed by atoms with Crippen LogP contribution in [0.1, 0.15) is 21.5 Å². The molecule has 2 aromatic rings. The van der Waals surface area contributed by atoms with Gasteiger partial charge in [-0.25, -0.2) is 0 Å². The van der Waals surface area contributed by atoms with Crippen LogP contribution in [0.2, 0.25) is 0 Å². The molecule has 2 aromatic carbocycles. The molecule has 7 nitrogen and oxygen atoms in total. The number of nitrogens with zero attached hydrogens (tertiary/aromatic N) is 3. The normalized spacial score (nSPS) is 14.4. The molecule has 0 aliphatic carbocycles. The first-order chi connectivity index (χ1) is 12.4. The number of nitrogens with two attached hydrogens (primary N) is 1. The first kappa shape index (κ1) is 17.7. The third kappa shape index (κ3) is 3.33. The third-order valence-corrected chi connectivity index (χ3v) is 4.86. The number of aryl methyl sites for hydroxylation is 2. The van der Waals surface area contributed by atoms with E-state index in [1.54, 1.807) is 13.0 Å². The lowest BCUT2D eigenvalue weighted by Crippen LogP contribution is -2.47. The predicted octanol–water partition coefficient (Wildman–Crippen LogP) is 2.64. The van der Waals surface area contributed by atoms with E-state index in [9.17, 15) is 14.9 Å². The zero-order chi connectivity index (χ0) is 18.8. The van der Waals surface area contributed by atoms with Gasteiger partial charge in [0.05, 0.1) is 4.92 Å². The standard InChI is InChI=1S/C19H22N4O3/c1-13-5-3-4-6-16(13)21-7-9-22(10-8-21)17-11-14(2)15(19(20)24)12-18(17)23(25)26/h3-6,11-12H,7-10H2,1-2H3,(H2,20,24). The molecule has 0 saturated carbocycles. The van der Waals surface area contributed by atoms with Gasteiger partial charge in [0.1, 0.15) is 5.69 Å². The highest BCUT2D eigenvalue weighted by molar-refractivity contribution is 5.96. The number of anilines is 2. The van der Waals surface area contributed by atoms with Gasteiger partial charge < -0.3 is 15.5 Å². The molecule has 0 bridgehead atoms. The average molecular weight is 354 g/mol.